The van der Waals surface area contributed by atoms with Crippen molar-refractivity contribution < 1.29 is 4.74 Å². The lowest BCUT2D eigenvalue weighted by Crippen LogP contribution is -2.33. The maximum absolute atomic E-state index is 5.94. The highest BCUT2D eigenvalue weighted by Gasteiger charge is 2.12. The molecule has 0 radical (unpaired) electrons. The first kappa shape index (κ1) is 15.5. The molecule has 1 heterocycles. The van der Waals surface area contributed by atoms with Gasteiger partial charge in [0, 0.05) is 19.7 Å². The minimum atomic E-state index is 0.485. The molecule has 0 saturated carbocycles. The van der Waals surface area contributed by atoms with E-state index in [1.54, 1.807) is 0 Å². The Kier molecular flexibility index (Phi) is 6.51. The van der Waals surface area contributed by atoms with Crippen molar-refractivity contribution in [1.29, 1.82) is 0 Å². The van der Waals surface area contributed by atoms with Crippen LogP contribution in [0.3, 0.4) is 0 Å². The van der Waals surface area contributed by atoms with Crippen LogP contribution >= 0.6 is 0 Å². The van der Waals surface area contributed by atoms with E-state index in [-0.39, 0.29) is 0 Å². The number of piperidine rings is 1. The van der Waals surface area contributed by atoms with Gasteiger partial charge in [-0.3, -0.25) is 0 Å². The van der Waals surface area contributed by atoms with Gasteiger partial charge in [-0.25, -0.2) is 0 Å². The summed E-state index contributed by atoms with van der Waals surface area (Å²) >= 11 is 0. The minimum Gasteiger partial charge on any atom is -0.378 e. The molecule has 0 atom stereocenters. The van der Waals surface area contributed by atoms with Gasteiger partial charge in [-0.15, -0.1) is 0 Å². The van der Waals surface area contributed by atoms with Crippen LogP contribution < -0.4 is 5.32 Å². The van der Waals surface area contributed by atoms with Crippen LogP contribution in [-0.2, 0) is 11.3 Å². The van der Waals surface area contributed by atoms with Crippen molar-refractivity contribution >= 4 is 0 Å². The third kappa shape index (κ3) is 5.61. The Morgan fingerprint density at radius 1 is 1.30 bits per heavy atom. The predicted molar refractivity (Wildman–Crippen MR) is 84.0 cm³/mol. The van der Waals surface area contributed by atoms with Crippen molar-refractivity contribution in [3.63, 3.8) is 0 Å². The minimum absolute atomic E-state index is 0.485. The summed E-state index contributed by atoms with van der Waals surface area (Å²) in [5.74, 6) is 0. The van der Waals surface area contributed by atoms with E-state index >= 15 is 0 Å². The first-order valence-corrected chi connectivity index (χ1v) is 7.80. The average molecular weight is 276 g/mol. The lowest BCUT2D eigenvalue weighted by molar-refractivity contribution is 0.0284. The number of aryl methyl sites for hydroxylation is 1. The van der Waals surface area contributed by atoms with Crippen LogP contribution in [0, 0.1) is 6.92 Å². The monoisotopic (exact) mass is 276 g/mol. The summed E-state index contributed by atoms with van der Waals surface area (Å²) in [4.78, 5) is 2.38. The van der Waals surface area contributed by atoms with Gasteiger partial charge in [0.05, 0.1) is 6.10 Å². The van der Waals surface area contributed by atoms with Crippen molar-refractivity contribution in [3.05, 3.63) is 35.4 Å². The molecule has 0 aromatic heterocycles. The Hall–Kier alpha value is -0.900. The van der Waals surface area contributed by atoms with Crippen LogP contribution in [0.15, 0.2) is 24.3 Å². The van der Waals surface area contributed by atoms with Gasteiger partial charge in [0.25, 0.3) is 0 Å². The predicted octanol–water partition coefficient (Wildman–Crippen LogP) is 2.59. The molecule has 2 rings (SSSR count). The molecule has 112 valence electrons. The molecule has 1 aliphatic rings. The fraction of sp³-hybridized carbons (Fsp3) is 0.647. The standard InChI is InChI=1S/C17H28N2O/c1-15-5-3-6-16(13-15)14-19(2)11-4-12-20-17-7-9-18-10-8-17/h3,5-6,13,17-18H,4,7-12,14H2,1-2H3. The van der Waals surface area contributed by atoms with Crippen molar-refractivity contribution in [3.8, 4) is 0 Å². The van der Waals surface area contributed by atoms with Crippen LogP contribution in [0.25, 0.3) is 0 Å². The number of hydrogen-bond acceptors (Lipinski definition) is 3. The molecule has 20 heavy (non-hydrogen) atoms. The van der Waals surface area contributed by atoms with E-state index in [0.29, 0.717) is 6.10 Å². The summed E-state index contributed by atoms with van der Waals surface area (Å²) in [5, 5.41) is 3.37. The van der Waals surface area contributed by atoms with Gasteiger partial charge in [-0.05, 0) is 51.9 Å². The summed E-state index contributed by atoms with van der Waals surface area (Å²) in [6, 6.07) is 8.76. The highest BCUT2D eigenvalue weighted by molar-refractivity contribution is 5.21. The van der Waals surface area contributed by atoms with Gasteiger partial charge in [-0.1, -0.05) is 29.8 Å². The van der Waals surface area contributed by atoms with E-state index in [1.165, 1.54) is 24.0 Å². The van der Waals surface area contributed by atoms with E-state index in [1.807, 2.05) is 0 Å². The number of benzene rings is 1. The summed E-state index contributed by atoms with van der Waals surface area (Å²) in [5.41, 5.74) is 2.73. The van der Waals surface area contributed by atoms with Gasteiger partial charge in [-0.2, -0.15) is 0 Å². The van der Waals surface area contributed by atoms with E-state index in [9.17, 15) is 0 Å². The van der Waals surface area contributed by atoms with E-state index in [2.05, 4.69) is 48.5 Å². The Morgan fingerprint density at radius 2 is 2.10 bits per heavy atom. The molecule has 0 bridgehead atoms. The molecule has 0 spiro atoms. The second kappa shape index (κ2) is 8.40. The van der Waals surface area contributed by atoms with Crippen molar-refractivity contribution in [2.45, 2.75) is 38.8 Å². The lowest BCUT2D eigenvalue weighted by atomic mass is 10.1. The molecule has 1 saturated heterocycles. The van der Waals surface area contributed by atoms with Crippen LogP contribution in [0.4, 0.5) is 0 Å². The van der Waals surface area contributed by atoms with E-state index in [0.717, 1.165) is 39.2 Å². The fourth-order valence-electron chi connectivity index (χ4n) is 2.75. The molecule has 0 aliphatic carbocycles. The van der Waals surface area contributed by atoms with Gasteiger partial charge in [0.15, 0.2) is 0 Å². The number of ether oxygens (including phenoxy) is 1. The van der Waals surface area contributed by atoms with Crippen LogP contribution in [-0.4, -0.2) is 44.3 Å². The van der Waals surface area contributed by atoms with Gasteiger partial charge < -0.3 is 15.0 Å². The van der Waals surface area contributed by atoms with Gasteiger partial charge in [0.1, 0.15) is 0 Å². The smallest absolute Gasteiger partial charge is 0.0599 e. The summed E-state index contributed by atoms with van der Waals surface area (Å²) in [6.07, 6.45) is 3.93. The maximum Gasteiger partial charge on any atom is 0.0599 e. The highest BCUT2D eigenvalue weighted by Crippen LogP contribution is 2.09. The highest BCUT2D eigenvalue weighted by atomic mass is 16.5. The first-order chi connectivity index (χ1) is 9.74. The molecule has 0 unspecified atom stereocenters. The number of rotatable bonds is 7. The van der Waals surface area contributed by atoms with Crippen molar-refractivity contribution in [1.82, 2.24) is 10.2 Å². The third-order valence-electron chi connectivity index (χ3n) is 3.86. The summed E-state index contributed by atoms with van der Waals surface area (Å²) in [6.45, 7) is 7.38. The fourth-order valence-corrected chi connectivity index (χ4v) is 2.75. The quantitative estimate of drug-likeness (QED) is 0.775. The molecule has 1 N–H and O–H groups in total. The Bertz CT molecular complexity index is 388. The zero-order valence-electron chi connectivity index (χ0n) is 12.9. The average Bonchev–Trinajstić information content (AvgIpc) is 2.45. The van der Waals surface area contributed by atoms with E-state index < -0.39 is 0 Å². The summed E-state index contributed by atoms with van der Waals surface area (Å²) in [7, 11) is 2.19. The third-order valence-corrected chi connectivity index (χ3v) is 3.86. The molecule has 1 aromatic rings. The molecule has 1 aliphatic heterocycles. The first-order valence-electron chi connectivity index (χ1n) is 7.80. The molecule has 0 amide bonds. The van der Waals surface area contributed by atoms with Crippen molar-refractivity contribution in [2.24, 2.45) is 0 Å². The summed E-state index contributed by atoms with van der Waals surface area (Å²) < 4.78 is 5.94. The number of nitrogens with one attached hydrogen (secondary N) is 1. The topological polar surface area (TPSA) is 24.5 Å². The second-order valence-corrected chi connectivity index (χ2v) is 5.90. The van der Waals surface area contributed by atoms with Crippen molar-refractivity contribution in [2.75, 3.05) is 33.3 Å². The maximum atomic E-state index is 5.94. The zero-order chi connectivity index (χ0) is 14.2. The molecule has 1 fully saturated rings. The molecular formula is C17H28N2O. The second-order valence-electron chi connectivity index (χ2n) is 5.90. The lowest BCUT2D eigenvalue weighted by Gasteiger charge is -2.23. The Morgan fingerprint density at radius 3 is 2.85 bits per heavy atom. The number of nitrogens with zero attached hydrogens (tertiary/aromatic N) is 1. The normalized spacial score (nSPS) is 16.8. The Labute approximate surface area is 123 Å². The van der Waals surface area contributed by atoms with Gasteiger partial charge in [0.2, 0.25) is 0 Å². The van der Waals surface area contributed by atoms with E-state index in [4.69, 9.17) is 4.74 Å². The Balaban J connectivity index is 1.59. The zero-order valence-corrected chi connectivity index (χ0v) is 12.9. The van der Waals surface area contributed by atoms with Gasteiger partial charge >= 0.3 is 0 Å². The molecular weight excluding hydrogens is 248 g/mol. The largest absolute Gasteiger partial charge is 0.378 e. The van der Waals surface area contributed by atoms with Crippen LogP contribution in [0.2, 0.25) is 0 Å². The molecule has 3 heteroatoms. The van der Waals surface area contributed by atoms with Crippen LogP contribution in [0.5, 0.6) is 0 Å². The van der Waals surface area contributed by atoms with Crippen LogP contribution in [0.1, 0.15) is 30.4 Å². The number of hydrogen-bond donors (Lipinski definition) is 1. The molecule has 1 aromatic carbocycles. The molecule has 3 nitrogen and oxygen atoms in total. The SMILES string of the molecule is Cc1cccc(CN(C)CCCOC2CCNCC2)c1.